The first-order chi connectivity index (χ1) is 9.10. The highest BCUT2D eigenvalue weighted by Crippen LogP contribution is 2.16. The van der Waals surface area contributed by atoms with Crippen LogP contribution < -0.4 is 15.0 Å². The van der Waals surface area contributed by atoms with Crippen molar-refractivity contribution in [3.05, 3.63) is 0 Å². The number of rotatable bonds is 8. The lowest BCUT2D eigenvalue weighted by Gasteiger charge is -2.23. The quantitative estimate of drug-likeness (QED) is 0.779. The number of nitrogens with one attached hydrogen (secondary N) is 1. The summed E-state index contributed by atoms with van der Waals surface area (Å²) < 4.78 is 5.51. The maximum atomic E-state index is 5.51. The van der Waals surface area contributed by atoms with Crippen molar-refractivity contribution < 1.29 is 4.74 Å². The second-order valence-electron chi connectivity index (χ2n) is 4.77. The van der Waals surface area contributed by atoms with E-state index < -0.39 is 0 Å². The van der Waals surface area contributed by atoms with Crippen LogP contribution in [0.3, 0.4) is 0 Å². The highest BCUT2D eigenvalue weighted by molar-refractivity contribution is 5.37. The summed E-state index contributed by atoms with van der Waals surface area (Å²) in [5, 5.41) is 2.95. The molecule has 0 unspecified atom stereocenters. The van der Waals surface area contributed by atoms with Crippen molar-refractivity contribution in [2.24, 2.45) is 5.92 Å². The van der Waals surface area contributed by atoms with Crippen molar-refractivity contribution >= 4 is 11.9 Å². The number of aromatic nitrogens is 3. The molecule has 0 spiro atoms. The molecule has 0 fully saturated rings. The molecule has 0 atom stereocenters. The summed E-state index contributed by atoms with van der Waals surface area (Å²) in [6.45, 7) is 10.9. The lowest BCUT2D eigenvalue weighted by molar-refractivity contribution is 0.291. The molecule has 1 aromatic heterocycles. The predicted octanol–water partition coefficient (Wildman–Crippen LogP) is 2.18. The number of nitrogens with zero attached hydrogens (tertiary/aromatic N) is 4. The Kier molecular flexibility index (Phi) is 6.32. The van der Waals surface area contributed by atoms with Crippen molar-refractivity contribution in [2.45, 2.75) is 34.1 Å². The van der Waals surface area contributed by atoms with Crippen molar-refractivity contribution in [2.75, 3.05) is 37.0 Å². The van der Waals surface area contributed by atoms with Crippen LogP contribution in [0, 0.1) is 5.92 Å². The van der Waals surface area contributed by atoms with Gasteiger partial charge < -0.3 is 15.0 Å². The van der Waals surface area contributed by atoms with Gasteiger partial charge in [-0.25, -0.2) is 0 Å². The molecule has 0 saturated heterocycles. The second kappa shape index (κ2) is 7.76. The van der Waals surface area contributed by atoms with Gasteiger partial charge in [-0.1, -0.05) is 20.8 Å². The molecule has 6 heteroatoms. The fourth-order valence-corrected chi connectivity index (χ4v) is 1.65. The minimum absolute atomic E-state index is 0.387. The zero-order valence-corrected chi connectivity index (χ0v) is 12.6. The van der Waals surface area contributed by atoms with Crippen LogP contribution in [-0.2, 0) is 0 Å². The summed E-state index contributed by atoms with van der Waals surface area (Å²) in [4.78, 5) is 15.1. The van der Waals surface area contributed by atoms with Crippen molar-refractivity contribution in [1.29, 1.82) is 0 Å². The van der Waals surface area contributed by atoms with Gasteiger partial charge in [0.05, 0.1) is 6.61 Å². The minimum atomic E-state index is 0.387. The van der Waals surface area contributed by atoms with Gasteiger partial charge in [-0.05, 0) is 19.3 Å². The van der Waals surface area contributed by atoms with Crippen LogP contribution >= 0.6 is 0 Å². The number of hydrogen-bond donors (Lipinski definition) is 1. The molecule has 0 radical (unpaired) electrons. The lowest BCUT2D eigenvalue weighted by Crippen LogP contribution is -2.29. The predicted molar refractivity (Wildman–Crippen MR) is 77.9 cm³/mol. The Balaban J connectivity index is 2.96. The zero-order valence-electron chi connectivity index (χ0n) is 12.6. The fraction of sp³-hybridized carbons (Fsp3) is 0.769. The molecule has 0 aromatic carbocycles. The molecule has 0 amide bonds. The standard InChI is InChI=1S/C13H25N5O/c1-6-8-19-13-16-11(14-5)15-12(17-13)18(7-2)9-10(3)4/h10H,6-9H2,1-5H3,(H,14,15,16,17). The van der Waals surface area contributed by atoms with Crippen LogP contribution in [0.5, 0.6) is 6.01 Å². The van der Waals surface area contributed by atoms with E-state index in [0.717, 1.165) is 19.5 Å². The maximum Gasteiger partial charge on any atom is 0.323 e. The topological polar surface area (TPSA) is 63.2 Å². The van der Waals surface area contributed by atoms with E-state index in [1.54, 1.807) is 7.05 Å². The molecule has 1 aromatic rings. The molecule has 0 saturated carbocycles. The molecule has 1 N–H and O–H groups in total. The monoisotopic (exact) mass is 267 g/mol. The van der Waals surface area contributed by atoms with E-state index in [0.29, 0.717) is 30.4 Å². The van der Waals surface area contributed by atoms with Crippen LogP contribution in [0.2, 0.25) is 0 Å². The molecule has 0 bridgehead atoms. The smallest absolute Gasteiger partial charge is 0.323 e. The van der Waals surface area contributed by atoms with Crippen LogP contribution in [-0.4, -0.2) is 41.7 Å². The molecule has 0 aliphatic carbocycles. The zero-order chi connectivity index (χ0) is 14.3. The van der Waals surface area contributed by atoms with E-state index in [9.17, 15) is 0 Å². The Morgan fingerprint density at radius 1 is 1.21 bits per heavy atom. The van der Waals surface area contributed by atoms with E-state index >= 15 is 0 Å². The summed E-state index contributed by atoms with van der Waals surface area (Å²) in [5.74, 6) is 1.76. The van der Waals surface area contributed by atoms with Gasteiger partial charge in [0.25, 0.3) is 0 Å². The van der Waals surface area contributed by atoms with Gasteiger partial charge in [0, 0.05) is 20.1 Å². The Labute approximate surface area is 115 Å². The Bertz CT molecular complexity index is 383. The maximum absolute atomic E-state index is 5.51. The van der Waals surface area contributed by atoms with Gasteiger partial charge in [0.15, 0.2) is 0 Å². The highest BCUT2D eigenvalue weighted by atomic mass is 16.5. The van der Waals surface area contributed by atoms with E-state index in [1.807, 2.05) is 0 Å². The number of hydrogen-bond acceptors (Lipinski definition) is 6. The molecule has 108 valence electrons. The first-order valence-corrected chi connectivity index (χ1v) is 6.92. The van der Waals surface area contributed by atoms with Crippen molar-refractivity contribution in [3.63, 3.8) is 0 Å². The molecule has 19 heavy (non-hydrogen) atoms. The SMILES string of the molecule is CCCOc1nc(NC)nc(N(CC)CC(C)C)n1. The molecule has 1 rings (SSSR count). The Hall–Kier alpha value is -1.59. The Morgan fingerprint density at radius 3 is 2.47 bits per heavy atom. The van der Waals surface area contributed by atoms with E-state index in [1.165, 1.54) is 0 Å². The lowest BCUT2D eigenvalue weighted by atomic mass is 10.2. The van der Waals surface area contributed by atoms with Gasteiger partial charge >= 0.3 is 6.01 Å². The van der Waals surface area contributed by atoms with Gasteiger partial charge in [-0.2, -0.15) is 15.0 Å². The third-order valence-corrected chi connectivity index (χ3v) is 2.51. The molecular formula is C13H25N5O. The van der Waals surface area contributed by atoms with Crippen LogP contribution in [0.1, 0.15) is 34.1 Å². The van der Waals surface area contributed by atoms with Gasteiger partial charge in [-0.15, -0.1) is 0 Å². The summed E-state index contributed by atoms with van der Waals surface area (Å²) in [5.41, 5.74) is 0. The van der Waals surface area contributed by atoms with Crippen LogP contribution in [0.15, 0.2) is 0 Å². The molecule has 6 nitrogen and oxygen atoms in total. The molecule has 0 aliphatic rings. The normalized spacial score (nSPS) is 10.6. The average molecular weight is 267 g/mol. The van der Waals surface area contributed by atoms with Gasteiger partial charge in [0.2, 0.25) is 11.9 Å². The van der Waals surface area contributed by atoms with Gasteiger partial charge in [-0.3, -0.25) is 0 Å². The minimum Gasteiger partial charge on any atom is -0.463 e. The first kappa shape index (κ1) is 15.5. The third-order valence-electron chi connectivity index (χ3n) is 2.51. The molecular weight excluding hydrogens is 242 g/mol. The molecule has 1 heterocycles. The average Bonchev–Trinajstić information content (AvgIpc) is 2.41. The summed E-state index contributed by atoms with van der Waals surface area (Å²) in [6.07, 6.45) is 0.930. The summed E-state index contributed by atoms with van der Waals surface area (Å²) in [6, 6.07) is 0.387. The van der Waals surface area contributed by atoms with Crippen LogP contribution in [0.25, 0.3) is 0 Å². The summed E-state index contributed by atoms with van der Waals surface area (Å²) >= 11 is 0. The Morgan fingerprint density at radius 2 is 1.95 bits per heavy atom. The van der Waals surface area contributed by atoms with Crippen molar-refractivity contribution in [3.8, 4) is 6.01 Å². The third kappa shape index (κ3) is 4.89. The van der Waals surface area contributed by atoms with Crippen LogP contribution in [0.4, 0.5) is 11.9 Å². The van der Waals surface area contributed by atoms with Gasteiger partial charge in [0.1, 0.15) is 0 Å². The number of ether oxygens (including phenoxy) is 1. The number of anilines is 2. The second-order valence-corrected chi connectivity index (χ2v) is 4.77. The summed E-state index contributed by atoms with van der Waals surface area (Å²) in [7, 11) is 1.79. The van der Waals surface area contributed by atoms with Crippen molar-refractivity contribution in [1.82, 2.24) is 15.0 Å². The largest absolute Gasteiger partial charge is 0.463 e. The first-order valence-electron chi connectivity index (χ1n) is 6.92. The molecule has 0 aliphatic heterocycles. The fourth-order valence-electron chi connectivity index (χ4n) is 1.65. The van der Waals surface area contributed by atoms with E-state index in [2.05, 4.69) is 52.9 Å². The highest BCUT2D eigenvalue weighted by Gasteiger charge is 2.13. The van der Waals surface area contributed by atoms with E-state index in [-0.39, 0.29) is 0 Å². The van der Waals surface area contributed by atoms with E-state index in [4.69, 9.17) is 4.74 Å².